The van der Waals surface area contributed by atoms with Crippen molar-refractivity contribution in [1.29, 1.82) is 0 Å². The molecule has 0 aromatic carbocycles. The molecule has 1 fully saturated rings. The predicted octanol–water partition coefficient (Wildman–Crippen LogP) is 1.84. The largest absolute Gasteiger partial charge is 0.428 e. The van der Waals surface area contributed by atoms with E-state index in [0.717, 1.165) is 0 Å². The Morgan fingerprint density at radius 2 is 1.17 bits per heavy atom. The Bertz CT molecular complexity index is 429. The van der Waals surface area contributed by atoms with Gasteiger partial charge in [0.15, 0.2) is 5.41 Å². The van der Waals surface area contributed by atoms with Crippen molar-refractivity contribution in [2.45, 2.75) is 58.8 Å². The molecule has 0 aliphatic heterocycles. The molecule has 1 rings (SSSR count). The summed E-state index contributed by atoms with van der Waals surface area (Å²) in [7, 11) is 0. The highest BCUT2D eigenvalue weighted by Gasteiger charge is 2.54. The number of carbonyl (C=O) groups is 4. The summed E-state index contributed by atoms with van der Waals surface area (Å²) >= 11 is 0. The van der Waals surface area contributed by atoms with Crippen molar-refractivity contribution in [1.82, 2.24) is 0 Å². The molecule has 0 spiro atoms. The highest BCUT2D eigenvalue weighted by atomic mass is 16.7. The molecule has 136 valence electrons. The molecule has 0 aromatic heterocycles. The monoisotopic (exact) mass is 344 g/mol. The number of hydrogen-bond donors (Lipinski definition) is 0. The Labute approximate surface area is 140 Å². The summed E-state index contributed by atoms with van der Waals surface area (Å²) in [6, 6.07) is 0. The lowest BCUT2D eigenvalue weighted by Crippen LogP contribution is -2.47. The maximum Gasteiger partial charge on any atom is 0.326 e. The second-order valence-corrected chi connectivity index (χ2v) is 5.57. The Morgan fingerprint density at radius 3 is 1.46 bits per heavy atom. The van der Waals surface area contributed by atoms with Crippen LogP contribution >= 0.6 is 0 Å². The van der Waals surface area contributed by atoms with Crippen LogP contribution in [0.5, 0.6) is 0 Å². The van der Waals surface area contributed by atoms with Gasteiger partial charge in [0, 0.05) is 12.8 Å². The van der Waals surface area contributed by atoms with Gasteiger partial charge in [0.05, 0.1) is 0 Å². The number of esters is 4. The average molecular weight is 344 g/mol. The fraction of sp³-hybridized carbons (Fsp3) is 0.750. The van der Waals surface area contributed by atoms with E-state index in [9.17, 15) is 19.2 Å². The average Bonchev–Trinajstić information content (AvgIpc) is 2.46. The van der Waals surface area contributed by atoms with E-state index in [1.54, 1.807) is 0 Å². The molecule has 0 saturated heterocycles. The molecule has 0 radical (unpaired) electrons. The van der Waals surface area contributed by atoms with E-state index in [2.05, 4.69) is 0 Å². The highest BCUT2D eigenvalue weighted by Crippen LogP contribution is 2.43. The first-order valence-corrected chi connectivity index (χ1v) is 8.12. The van der Waals surface area contributed by atoms with Gasteiger partial charge in [-0.1, -0.05) is 13.8 Å². The molecule has 0 bridgehead atoms. The van der Waals surface area contributed by atoms with Gasteiger partial charge in [-0.15, -0.1) is 0 Å². The van der Waals surface area contributed by atoms with Gasteiger partial charge in [-0.25, -0.2) is 0 Å². The summed E-state index contributed by atoms with van der Waals surface area (Å²) in [5.41, 5.74) is -1.39. The predicted molar refractivity (Wildman–Crippen MR) is 80.2 cm³/mol. The van der Waals surface area contributed by atoms with Crippen LogP contribution < -0.4 is 0 Å². The van der Waals surface area contributed by atoms with E-state index in [4.69, 9.17) is 18.9 Å². The van der Waals surface area contributed by atoms with E-state index in [0.29, 0.717) is 19.3 Å². The van der Waals surface area contributed by atoms with Gasteiger partial charge in [0.25, 0.3) is 0 Å². The van der Waals surface area contributed by atoms with Crippen molar-refractivity contribution >= 4 is 23.9 Å². The van der Waals surface area contributed by atoms with E-state index < -0.39 is 42.9 Å². The van der Waals surface area contributed by atoms with Crippen molar-refractivity contribution < 1.29 is 38.1 Å². The lowest BCUT2D eigenvalue weighted by molar-refractivity contribution is -0.193. The minimum absolute atomic E-state index is 0.230. The molecular weight excluding hydrogens is 320 g/mol. The lowest BCUT2D eigenvalue weighted by atomic mass is 9.69. The van der Waals surface area contributed by atoms with Crippen molar-refractivity contribution in [3.05, 3.63) is 0 Å². The summed E-state index contributed by atoms with van der Waals surface area (Å²) in [6.07, 6.45) is 2.96. The van der Waals surface area contributed by atoms with Gasteiger partial charge >= 0.3 is 23.9 Å². The highest BCUT2D eigenvalue weighted by molar-refractivity contribution is 6.01. The van der Waals surface area contributed by atoms with Gasteiger partial charge in [-0.2, -0.15) is 0 Å². The van der Waals surface area contributed by atoms with Gasteiger partial charge < -0.3 is 18.9 Å². The van der Waals surface area contributed by atoms with E-state index >= 15 is 0 Å². The number of rotatable bonds is 10. The molecule has 1 aliphatic rings. The summed E-state index contributed by atoms with van der Waals surface area (Å²) in [5.74, 6) is -2.53. The first kappa shape index (κ1) is 19.9. The normalized spacial score (nSPS) is 14.9. The van der Waals surface area contributed by atoms with Crippen LogP contribution in [-0.4, -0.2) is 37.5 Å². The number of carbonyl (C=O) groups excluding carboxylic acids is 4. The zero-order valence-electron chi connectivity index (χ0n) is 14.1. The number of hydrogen-bond acceptors (Lipinski definition) is 8. The fourth-order valence-corrected chi connectivity index (χ4v) is 2.15. The van der Waals surface area contributed by atoms with Gasteiger partial charge in [-0.05, 0) is 32.1 Å². The Morgan fingerprint density at radius 1 is 0.750 bits per heavy atom. The SMILES string of the molecule is CCCC(=O)OCOC(=O)C1(C(=O)OCOC(=O)CCC)CCC1. The molecule has 8 heteroatoms. The standard InChI is InChI=1S/C16H24O8/c1-3-6-12(17)21-10-23-14(19)16(8-5-9-16)15(20)24-11-22-13(18)7-4-2/h3-11H2,1-2H3. The Balaban J connectivity index is 2.41. The Hall–Kier alpha value is -2.12. The third kappa shape index (κ3) is 5.50. The molecule has 0 heterocycles. The maximum atomic E-state index is 12.1. The maximum absolute atomic E-state index is 12.1. The molecular formula is C16H24O8. The van der Waals surface area contributed by atoms with Crippen LogP contribution in [0.3, 0.4) is 0 Å². The zero-order chi connectivity index (χ0) is 18.0. The molecule has 0 unspecified atom stereocenters. The first-order chi connectivity index (χ1) is 11.5. The molecule has 24 heavy (non-hydrogen) atoms. The topological polar surface area (TPSA) is 105 Å². The molecule has 1 aliphatic carbocycles. The fourth-order valence-electron chi connectivity index (χ4n) is 2.15. The van der Waals surface area contributed by atoms with Crippen LogP contribution in [0, 0.1) is 5.41 Å². The van der Waals surface area contributed by atoms with Gasteiger partial charge in [-0.3, -0.25) is 19.2 Å². The molecule has 8 nitrogen and oxygen atoms in total. The first-order valence-electron chi connectivity index (χ1n) is 8.12. The third-order valence-electron chi connectivity index (χ3n) is 3.72. The van der Waals surface area contributed by atoms with Crippen LogP contribution in [0.4, 0.5) is 0 Å². The van der Waals surface area contributed by atoms with Crippen LogP contribution in [0.1, 0.15) is 58.8 Å². The summed E-state index contributed by atoms with van der Waals surface area (Å²) < 4.78 is 19.2. The molecule has 1 saturated carbocycles. The van der Waals surface area contributed by atoms with E-state index in [-0.39, 0.29) is 25.7 Å². The molecule has 0 amide bonds. The molecule has 0 aromatic rings. The lowest BCUT2D eigenvalue weighted by Gasteiger charge is -2.36. The molecule has 0 N–H and O–H groups in total. The van der Waals surface area contributed by atoms with Crippen molar-refractivity contribution in [2.24, 2.45) is 5.41 Å². The Kier molecular flexibility index (Phi) is 8.21. The smallest absolute Gasteiger partial charge is 0.326 e. The molecule has 0 atom stereocenters. The third-order valence-corrected chi connectivity index (χ3v) is 3.72. The minimum atomic E-state index is -1.39. The summed E-state index contributed by atoms with van der Waals surface area (Å²) in [5, 5.41) is 0. The van der Waals surface area contributed by atoms with E-state index in [1.165, 1.54) is 0 Å². The summed E-state index contributed by atoms with van der Waals surface area (Å²) in [6.45, 7) is 2.58. The second-order valence-electron chi connectivity index (χ2n) is 5.57. The van der Waals surface area contributed by atoms with Crippen LogP contribution in [0.2, 0.25) is 0 Å². The van der Waals surface area contributed by atoms with Crippen molar-refractivity contribution in [2.75, 3.05) is 13.6 Å². The minimum Gasteiger partial charge on any atom is -0.428 e. The van der Waals surface area contributed by atoms with Gasteiger partial charge in [0.1, 0.15) is 0 Å². The summed E-state index contributed by atoms with van der Waals surface area (Å²) in [4.78, 5) is 46.6. The van der Waals surface area contributed by atoms with Crippen molar-refractivity contribution in [3.63, 3.8) is 0 Å². The van der Waals surface area contributed by atoms with Crippen molar-refractivity contribution in [3.8, 4) is 0 Å². The zero-order valence-corrected chi connectivity index (χ0v) is 14.1. The quantitative estimate of drug-likeness (QED) is 0.336. The second kappa shape index (κ2) is 9.89. The van der Waals surface area contributed by atoms with Crippen LogP contribution in [0.25, 0.3) is 0 Å². The van der Waals surface area contributed by atoms with Gasteiger partial charge in [0.2, 0.25) is 13.6 Å². The van der Waals surface area contributed by atoms with E-state index in [1.807, 2.05) is 13.8 Å². The number of ether oxygens (including phenoxy) is 4. The van der Waals surface area contributed by atoms with Crippen LogP contribution in [-0.2, 0) is 38.1 Å². The van der Waals surface area contributed by atoms with Crippen LogP contribution in [0.15, 0.2) is 0 Å².